The molecule has 0 aliphatic rings. The van der Waals surface area contributed by atoms with E-state index in [1.807, 2.05) is 33.8 Å². The second-order valence-corrected chi connectivity index (χ2v) is 8.10. The van der Waals surface area contributed by atoms with Crippen LogP contribution in [0.5, 0.6) is 0 Å². The first-order chi connectivity index (χ1) is 9.80. The van der Waals surface area contributed by atoms with Crippen LogP contribution in [-0.2, 0) is 11.3 Å². The summed E-state index contributed by atoms with van der Waals surface area (Å²) in [5.74, 6) is 0.560. The Hall–Kier alpha value is -1.08. The third-order valence-electron chi connectivity index (χ3n) is 2.30. The van der Waals surface area contributed by atoms with Gasteiger partial charge in [-0.2, -0.15) is 0 Å². The molecule has 0 radical (unpaired) electrons. The number of hydrogen-bond acceptors (Lipinski definition) is 3. The predicted molar refractivity (Wildman–Crippen MR) is 92.7 cm³/mol. The lowest BCUT2D eigenvalue weighted by molar-refractivity contribution is -0.121. The average Bonchev–Trinajstić information content (AvgIpc) is 2.76. The van der Waals surface area contributed by atoms with Crippen LogP contribution < -0.4 is 16.0 Å². The van der Waals surface area contributed by atoms with Gasteiger partial charge in [0.15, 0.2) is 5.96 Å². The largest absolute Gasteiger partial charge is 0.357 e. The summed E-state index contributed by atoms with van der Waals surface area (Å²) in [7, 11) is 0. The van der Waals surface area contributed by atoms with Gasteiger partial charge in [0, 0.05) is 17.0 Å². The van der Waals surface area contributed by atoms with Gasteiger partial charge >= 0.3 is 0 Å². The molecule has 0 spiro atoms. The minimum Gasteiger partial charge on any atom is -0.357 e. The quantitative estimate of drug-likeness (QED) is 0.547. The van der Waals surface area contributed by atoms with E-state index in [-0.39, 0.29) is 18.0 Å². The zero-order valence-electron chi connectivity index (χ0n) is 12.9. The van der Waals surface area contributed by atoms with Gasteiger partial charge in [-0.1, -0.05) is 0 Å². The zero-order valence-corrected chi connectivity index (χ0v) is 15.3. The van der Waals surface area contributed by atoms with E-state index in [2.05, 4.69) is 42.9 Å². The number of hydrogen-bond donors (Lipinski definition) is 3. The highest BCUT2D eigenvalue weighted by Crippen LogP contribution is 2.21. The Bertz CT molecular complexity index is 493. The van der Waals surface area contributed by atoms with Crippen LogP contribution in [-0.4, -0.2) is 30.5 Å². The molecule has 0 fully saturated rings. The van der Waals surface area contributed by atoms with Gasteiger partial charge in [0.2, 0.25) is 5.91 Å². The van der Waals surface area contributed by atoms with Gasteiger partial charge in [-0.3, -0.25) is 4.79 Å². The van der Waals surface area contributed by atoms with Crippen LogP contribution in [0.15, 0.2) is 20.9 Å². The number of carbonyl (C=O) groups excluding carboxylic acids is 1. The summed E-state index contributed by atoms with van der Waals surface area (Å²) in [6, 6.07) is 4.07. The Morgan fingerprint density at radius 1 is 1.33 bits per heavy atom. The average molecular weight is 375 g/mol. The van der Waals surface area contributed by atoms with Crippen molar-refractivity contribution in [2.45, 2.75) is 39.8 Å². The molecule has 0 aliphatic heterocycles. The molecular weight excluding hydrogens is 352 g/mol. The lowest BCUT2D eigenvalue weighted by Crippen LogP contribution is -2.43. The van der Waals surface area contributed by atoms with Crippen LogP contribution in [0.4, 0.5) is 0 Å². The Kier molecular flexibility index (Phi) is 7.17. The number of thiophene rings is 1. The number of aliphatic imine (C=N–C) groups is 1. The van der Waals surface area contributed by atoms with E-state index in [1.54, 1.807) is 11.3 Å². The Morgan fingerprint density at radius 2 is 2.05 bits per heavy atom. The van der Waals surface area contributed by atoms with Gasteiger partial charge in [0.1, 0.15) is 6.54 Å². The van der Waals surface area contributed by atoms with Crippen molar-refractivity contribution >= 4 is 39.1 Å². The highest BCUT2D eigenvalue weighted by atomic mass is 79.9. The summed E-state index contributed by atoms with van der Waals surface area (Å²) in [5.41, 5.74) is -0.234. The van der Waals surface area contributed by atoms with Crippen molar-refractivity contribution in [1.29, 1.82) is 0 Å². The third kappa shape index (κ3) is 8.06. The number of carbonyl (C=O) groups is 1. The van der Waals surface area contributed by atoms with Crippen LogP contribution in [0.3, 0.4) is 0 Å². The van der Waals surface area contributed by atoms with E-state index < -0.39 is 0 Å². The highest BCUT2D eigenvalue weighted by molar-refractivity contribution is 9.11. The smallest absolute Gasteiger partial charge is 0.242 e. The van der Waals surface area contributed by atoms with Crippen LogP contribution >= 0.6 is 27.3 Å². The standard InChI is InChI=1S/C14H23BrN4OS/c1-5-16-13(17-8-10-6-7-11(15)21-10)18-9-12(20)19-14(2,3)4/h6-7H,5,8-9H2,1-4H3,(H,19,20)(H2,16,17,18). The molecule has 0 saturated heterocycles. The van der Waals surface area contributed by atoms with E-state index in [0.717, 1.165) is 10.3 Å². The summed E-state index contributed by atoms with van der Waals surface area (Å²) in [6.07, 6.45) is 0. The maximum absolute atomic E-state index is 11.8. The molecule has 0 saturated carbocycles. The fourth-order valence-electron chi connectivity index (χ4n) is 1.57. The molecule has 0 bridgehead atoms. The molecule has 1 rings (SSSR count). The van der Waals surface area contributed by atoms with E-state index >= 15 is 0 Å². The van der Waals surface area contributed by atoms with E-state index in [4.69, 9.17) is 0 Å². The van der Waals surface area contributed by atoms with Gasteiger partial charge in [-0.15, -0.1) is 11.3 Å². The molecule has 1 aromatic heterocycles. The summed E-state index contributed by atoms with van der Waals surface area (Å²) in [6.45, 7) is 9.39. The fraction of sp³-hybridized carbons (Fsp3) is 0.571. The van der Waals surface area contributed by atoms with Gasteiger partial charge in [0.05, 0.1) is 10.3 Å². The van der Waals surface area contributed by atoms with Gasteiger partial charge in [-0.05, 0) is 55.8 Å². The molecule has 0 aliphatic carbocycles. The number of amides is 1. The molecule has 1 heterocycles. The molecule has 21 heavy (non-hydrogen) atoms. The van der Waals surface area contributed by atoms with Crippen molar-refractivity contribution in [3.63, 3.8) is 0 Å². The van der Waals surface area contributed by atoms with Crippen LogP contribution in [0.1, 0.15) is 32.6 Å². The lowest BCUT2D eigenvalue weighted by Gasteiger charge is -2.20. The van der Waals surface area contributed by atoms with E-state index in [1.165, 1.54) is 4.88 Å². The number of nitrogens with one attached hydrogen (secondary N) is 3. The summed E-state index contributed by atoms with van der Waals surface area (Å²) < 4.78 is 1.10. The predicted octanol–water partition coefficient (Wildman–Crippen LogP) is 2.48. The van der Waals surface area contributed by atoms with E-state index in [9.17, 15) is 4.79 Å². The number of halogens is 1. The second-order valence-electron chi connectivity index (χ2n) is 5.55. The number of nitrogens with zero attached hydrogens (tertiary/aromatic N) is 1. The van der Waals surface area contributed by atoms with Gasteiger partial charge < -0.3 is 16.0 Å². The van der Waals surface area contributed by atoms with Crippen LogP contribution in [0.2, 0.25) is 0 Å². The summed E-state index contributed by atoms with van der Waals surface area (Å²) in [4.78, 5) is 17.3. The zero-order chi connectivity index (χ0) is 15.9. The fourth-order valence-corrected chi connectivity index (χ4v) is 2.99. The SMILES string of the molecule is CCNC(=NCC(=O)NC(C)(C)C)NCc1ccc(Br)s1. The Labute approximate surface area is 138 Å². The van der Waals surface area contributed by atoms with Crippen LogP contribution in [0.25, 0.3) is 0 Å². The monoisotopic (exact) mass is 374 g/mol. The van der Waals surface area contributed by atoms with E-state index in [0.29, 0.717) is 12.5 Å². The minimum absolute atomic E-state index is 0.0847. The van der Waals surface area contributed by atoms with Crippen molar-refractivity contribution in [1.82, 2.24) is 16.0 Å². The third-order valence-corrected chi connectivity index (χ3v) is 3.92. The molecule has 0 unspecified atom stereocenters. The minimum atomic E-state index is -0.234. The Morgan fingerprint density at radius 3 is 2.57 bits per heavy atom. The van der Waals surface area contributed by atoms with Gasteiger partial charge in [-0.25, -0.2) is 4.99 Å². The molecule has 7 heteroatoms. The maximum atomic E-state index is 11.8. The first-order valence-corrected chi connectivity index (χ1v) is 8.48. The van der Waals surface area contributed by atoms with Crippen molar-refractivity contribution in [3.8, 4) is 0 Å². The summed E-state index contributed by atoms with van der Waals surface area (Å²) in [5, 5.41) is 9.23. The normalized spacial score (nSPS) is 12.1. The molecule has 1 aromatic rings. The van der Waals surface area contributed by atoms with Crippen LogP contribution in [0, 0.1) is 0 Å². The molecule has 3 N–H and O–H groups in total. The van der Waals surface area contributed by atoms with Crippen molar-refractivity contribution in [3.05, 3.63) is 20.8 Å². The summed E-state index contributed by atoms with van der Waals surface area (Å²) >= 11 is 5.11. The van der Waals surface area contributed by atoms with Crippen molar-refractivity contribution < 1.29 is 4.79 Å². The molecule has 0 aromatic carbocycles. The first-order valence-electron chi connectivity index (χ1n) is 6.87. The van der Waals surface area contributed by atoms with Crippen molar-refractivity contribution in [2.24, 2.45) is 4.99 Å². The second kappa shape index (κ2) is 8.38. The molecular formula is C14H23BrN4OS. The topological polar surface area (TPSA) is 65.5 Å². The molecule has 1 amide bonds. The molecule has 5 nitrogen and oxygen atoms in total. The van der Waals surface area contributed by atoms with Crippen molar-refractivity contribution in [2.75, 3.05) is 13.1 Å². The van der Waals surface area contributed by atoms with Gasteiger partial charge in [0.25, 0.3) is 0 Å². The molecule has 0 atom stereocenters. The number of guanidine groups is 1. The Balaban J connectivity index is 2.51. The first kappa shape index (κ1) is 18.0. The molecule has 118 valence electrons. The maximum Gasteiger partial charge on any atom is 0.242 e. The highest BCUT2D eigenvalue weighted by Gasteiger charge is 2.13. The lowest BCUT2D eigenvalue weighted by atomic mass is 10.1. The number of rotatable bonds is 5.